The summed E-state index contributed by atoms with van der Waals surface area (Å²) in [5, 5.41) is 6.38. The number of hydrogen-bond donors (Lipinski definition) is 1. The molecule has 138 valence electrons. The van der Waals surface area contributed by atoms with Crippen LogP contribution in [0.5, 0.6) is 0 Å². The van der Waals surface area contributed by atoms with Crippen molar-refractivity contribution in [1.29, 1.82) is 0 Å². The first-order valence-electron chi connectivity index (χ1n) is 8.61. The number of carbonyl (C=O) groups excluding carboxylic acids is 1. The van der Waals surface area contributed by atoms with Gasteiger partial charge in [0, 0.05) is 48.5 Å². The molecule has 0 atom stereocenters. The molecule has 0 radical (unpaired) electrons. The Hall–Kier alpha value is -2.64. The van der Waals surface area contributed by atoms with E-state index in [1.54, 1.807) is 17.8 Å². The largest absolute Gasteiger partial charge is 0.368 e. The summed E-state index contributed by atoms with van der Waals surface area (Å²) in [5.74, 6) is -0.0266. The van der Waals surface area contributed by atoms with Gasteiger partial charge in [0.25, 0.3) is 5.91 Å². The van der Waals surface area contributed by atoms with Crippen LogP contribution in [-0.4, -0.2) is 47.0 Å². The second-order valence-corrected chi connectivity index (χ2v) is 7.45. The highest BCUT2D eigenvalue weighted by molar-refractivity contribution is 7.14. The van der Waals surface area contributed by atoms with Gasteiger partial charge in [-0.25, -0.2) is 4.98 Å². The van der Waals surface area contributed by atoms with Crippen molar-refractivity contribution in [3.8, 4) is 0 Å². The fourth-order valence-corrected chi connectivity index (χ4v) is 3.80. The summed E-state index contributed by atoms with van der Waals surface area (Å²) >= 11 is 7.37. The van der Waals surface area contributed by atoms with Gasteiger partial charge in [-0.15, -0.1) is 11.3 Å². The first kappa shape index (κ1) is 17.8. The van der Waals surface area contributed by atoms with Gasteiger partial charge in [-0.3, -0.25) is 9.78 Å². The molecule has 2 aromatic heterocycles. The molecule has 1 saturated heterocycles. The summed E-state index contributed by atoms with van der Waals surface area (Å²) in [7, 11) is 0. The van der Waals surface area contributed by atoms with Crippen molar-refractivity contribution in [2.45, 2.75) is 0 Å². The molecule has 3 heterocycles. The number of hydrogen-bond acceptors (Lipinski definition) is 6. The van der Waals surface area contributed by atoms with Crippen LogP contribution in [0.25, 0.3) is 0 Å². The number of thiazole rings is 1. The molecule has 1 aromatic carbocycles. The highest BCUT2D eigenvalue weighted by Crippen LogP contribution is 2.23. The second-order valence-electron chi connectivity index (χ2n) is 6.16. The van der Waals surface area contributed by atoms with Crippen LogP contribution in [0.2, 0.25) is 5.02 Å². The minimum Gasteiger partial charge on any atom is -0.368 e. The lowest BCUT2D eigenvalue weighted by Crippen LogP contribution is -2.48. The number of nitrogens with one attached hydrogen (secondary N) is 1. The molecule has 1 aliphatic heterocycles. The highest BCUT2D eigenvalue weighted by Gasteiger charge is 2.24. The third-order valence-electron chi connectivity index (χ3n) is 4.39. The Bertz CT molecular complexity index is 907. The number of rotatable bonds is 4. The normalized spacial score (nSPS) is 14.3. The fourth-order valence-electron chi connectivity index (χ4n) is 2.97. The lowest BCUT2D eigenvalue weighted by molar-refractivity contribution is 0.0742. The number of aromatic nitrogens is 2. The van der Waals surface area contributed by atoms with Crippen LogP contribution in [0.1, 0.15) is 10.5 Å². The maximum atomic E-state index is 12.7. The first-order valence-corrected chi connectivity index (χ1v) is 9.87. The SMILES string of the molecule is O=C(c1csc(Nc2cccnc2)n1)N1CCN(c2ccc(Cl)cc2)CC1. The molecular formula is C19H18ClN5OS. The molecule has 1 amide bonds. The number of nitrogens with zero attached hydrogens (tertiary/aromatic N) is 4. The van der Waals surface area contributed by atoms with Gasteiger partial charge < -0.3 is 15.1 Å². The Morgan fingerprint density at radius 2 is 1.89 bits per heavy atom. The van der Waals surface area contributed by atoms with Gasteiger partial charge in [0.05, 0.1) is 11.9 Å². The molecule has 0 saturated carbocycles. The maximum absolute atomic E-state index is 12.7. The molecule has 0 aliphatic carbocycles. The van der Waals surface area contributed by atoms with Gasteiger partial charge in [0.1, 0.15) is 5.69 Å². The van der Waals surface area contributed by atoms with E-state index < -0.39 is 0 Å². The van der Waals surface area contributed by atoms with Crippen molar-refractivity contribution in [2.75, 3.05) is 36.4 Å². The Kier molecular flexibility index (Phi) is 5.22. The van der Waals surface area contributed by atoms with Crippen LogP contribution in [0.15, 0.2) is 54.2 Å². The van der Waals surface area contributed by atoms with E-state index in [0.29, 0.717) is 23.9 Å². The quantitative estimate of drug-likeness (QED) is 0.721. The van der Waals surface area contributed by atoms with Crippen LogP contribution in [0, 0.1) is 0 Å². The minimum atomic E-state index is -0.0266. The summed E-state index contributed by atoms with van der Waals surface area (Å²) in [5.41, 5.74) is 2.46. The molecule has 0 bridgehead atoms. The Morgan fingerprint density at radius 3 is 2.59 bits per heavy atom. The van der Waals surface area contributed by atoms with Crippen LogP contribution in [-0.2, 0) is 0 Å². The summed E-state index contributed by atoms with van der Waals surface area (Å²) in [4.78, 5) is 25.4. The average Bonchev–Trinajstić information content (AvgIpc) is 3.17. The number of anilines is 3. The third-order valence-corrected chi connectivity index (χ3v) is 5.40. The lowest BCUT2D eigenvalue weighted by Gasteiger charge is -2.35. The van der Waals surface area contributed by atoms with Crippen LogP contribution in [0.4, 0.5) is 16.5 Å². The second kappa shape index (κ2) is 7.94. The molecule has 3 aromatic rings. The lowest BCUT2D eigenvalue weighted by atomic mass is 10.2. The number of carbonyl (C=O) groups is 1. The predicted molar refractivity (Wildman–Crippen MR) is 109 cm³/mol. The van der Waals surface area contributed by atoms with Crippen molar-refractivity contribution < 1.29 is 4.79 Å². The zero-order valence-corrected chi connectivity index (χ0v) is 16.1. The number of piperazine rings is 1. The molecule has 4 rings (SSSR count). The molecule has 1 aliphatic rings. The smallest absolute Gasteiger partial charge is 0.273 e. The van der Waals surface area contributed by atoms with E-state index in [2.05, 4.69) is 20.2 Å². The van der Waals surface area contributed by atoms with E-state index in [1.807, 2.05) is 41.3 Å². The van der Waals surface area contributed by atoms with E-state index in [4.69, 9.17) is 11.6 Å². The van der Waals surface area contributed by atoms with Gasteiger partial charge in [0.15, 0.2) is 5.13 Å². The minimum absolute atomic E-state index is 0.0266. The van der Waals surface area contributed by atoms with Gasteiger partial charge in [0.2, 0.25) is 0 Å². The van der Waals surface area contributed by atoms with Crippen molar-refractivity contribution in [1.82, 2.24) is 14.9 Å². The van der Waals surface area contributed by atoms with E-state index in [0.717, 1.165) is 29.5 Å². The van der Waals surface area contributed by atoms with Crippen LogP contribution >= 0.6 is 22.9 Å². The van der Waals surface area contributed by atoms with Gasteiger partial charge in [-0.1, -0.05) is 11.6 Å². The summed E-state index contributed by atoms with van der Waals surface area (Å²) in [6, 6.07) is 11.6. The van der Waals surface area contributed by atoms with Crippen molar-refractivity contribution in [3.05, 3.63) is 64.9 Å². The topological polar surface area (TPSA) is 61.4 Å². The number of pyridine rings is 1. The Balaban J connectivity index is 1.36. The third kappa shape index (κ3) is 4.20. The molecule has 27 heavy (non-hydrogen) atoms. The molecule has 0 unspecified atom stereocenters. The molecule has 0 spiro atoms. The Labute approximate surface area is 166 Å². The monoisotopic (exact) mass is 399 g/mol. The number of halogens is 1. The molecule has 8 heteroatoms. The van der Waals surface area contributed by atoms with Gasteiger partial charge >= 0.3 is 0 Å². The summed E-state index contributed by atoms with van der Waals surface area (Å²) in [6.45, 7) is 2.92. The van der Waals surface area contributed by atoms with E-state index in [-0.39, 0.29) is 5.91 Å². The van der Waals surface area contributed by atoms with E-state index in [1.165, 1.54) is 11.3 Å². The van der Waals surface area contributed by atoms with Crippen molar-refractivity contribution in [2.24, 2.45) is 0 Å². The summed E-state index contributed by atoms with van der Waals surface area (Å²) < 4.78 is 0. The van der Waals surface area contributed by atoms with E-state index in [9.17, 15) is 4.79 Å². The Morgan fingerprint density at radius 1 is 1.11 bits per heavy atom. The number of amides is 1. The molecular weight excluding hydrogens is 382 g/mol. The van der Waals surface area contributed by atoms with Gasteiger partial charge in [-0.2, -0.15) is 0 Å². The molecule has 1 fully saturated rings. The zero-order valence-electron chi connectivity index (χ0n) is 14.5. The van der Waals surface area contributed by atoms with Crippen molar-refractivity contribution in [3.63, 3.8) is 0 Å². The highest BCUT2D eigenvalue weighted by atomic mass is 35.5. The first-order chi connectivity index (χ1) is 13.2. The average molecular weight is 400 g/mol. The van der Waals surface area contributed by atoms with Gasteiger partial charge in [-0.05, 0) is 36.4 Å². The number of benzene rings is 1. The fraction of sp³-hybridized carbons (Fsp3) is 0.211. The summed E-state index contributed by atoms with van der Waals surface area (Å²) in [6.07, 6.45) is 3.44. The van der Waals surface area contributed by atoms with Crippen LogP contribution < -0.4 is 10.2 Å². The predicted octanol–water partition coefficient (Wildman–Crippen LogP) is 3.90. The molecule has 1 N–H and O–H groups in total. The zero-order chi connectivity index (χ0) is 18.6. The maximum Gasteiger partial charge on any atom is 0.273 e. The molecule has 6 nitrogen and oxygen atoms in total. The standard InChI is InChI=1S/C19H18ClN5OS/c20-14-3-5-16(6-4-14)24-8-10-25(11-9-24)18(26)17-13-27-19(23-17)22-15-2-1-7-21-12-15/h1-7,12-13H,8-11H2,(H,22,23). The van der Waals surface area contributed by atoms with E-state index >= 15 is 0 Å². The van der Waals surface area contributed by atoms with Crippen LogP contribution in [0.3, 0.4) is 0 Å². The van der Waals surface area contributed by atoms with Crippen molar-refractivity contribution >= 4 is 45.4 Å².